The third-order valence-corrected chi connectivity index (χ3v) is 4.25. The summed E-state index contributed by atoms with van der Waals surface area (Å²) >= 11 is 12.2. The van der Waals surface area contributed by atoms with Crippen molar-refractivity contribution in [2.24, 2.45) is 0 Å². The zero-order chi connectivity index (χ0) is 19.8. The summed E-state index contributed by atoms with van der Waals surface area (Å²) in [5.41, 5.74) is 0.531. The van der Waals surface area contributed by atoms with Crippen LogP contribution < -0.4 is 10.6 Å². The lowest BCUT2D eigenvalue weighted by Gasteiger charge is -2.21. The second kappa shape index (κ2) is 10.2. The molecule has 0 fully saturated rings. The van der Waals surface area contributed by atoms with Gasteiger partial charge in [0.2, 0.25) is 5.89 Å². The molecular weight excluding hydrogens is 391 g/mol. The van der Waals surface area contributed by atoms with Gasteiger partial charge in [0.25, 0.3) is 5.91 Å². The molecule has 1 heterocycles. The van der Waals surface area contributed by atoms with Crippen LogP contribution in [0.3, 0.4) is 0 Å². The van der Waals surface area contributed by atoms with E-state index in [1.54, 1.807) is 18.2 Å². The Hall–Kier alpha value is -2.25. The molecule has 2 N–H and O–H groups in total. The number of nitrogens with zero attached hydrogens (tertiary/aromatic N) is 2. The summed E-state index contributed by atoms with van der Waals surface area (Å²) in [7, 11) is 0. The molecule has 1 aromatic heterocycles. The van der Waals surface area contributed by atoms with Gasteiger partial charge < -0.3 is 20.0 Å². The second-order valence-corrected chi connectivity index (χ2v) is 6.65. The van der Waals surface area contributed by atoms with Crippen molar-refractivity contribution in [3.05, 3.63) is 46.1 Å². The average molecular weight is 413 g/mol. The Labute approximate surface area is 168 Å². The second-order valence-electron chi connectivity index (χ2n) is 5.83. The number of rotatable bonds is 8. The molecule has 0 bridgehead atoms. The van der Waals surface area contributed by atoms with Crippen molar-refractivity contribution in [1.82, 2.24) is 15.2 Å². The maximum absolute atomic E-state index is 12.6. The highest BCUT2D eigenvalue weighted by molar-refractivity contribution is 6.39. The van der Waals surface area contributed by atoms with E-state index in [0.717, 1.165) is 12.8 Å². The highest BCUT2D eigenvalue weighted by Gasteiger charge is 2.19. The third-order valence-electron chi connectivity index (χ3n) is 3.62. The van der Waals surface area contributed by atoms with Crippen LogP contribution in [0.5, 0.6) is 0 Å². The number of anilines is 1. The first-order valence-corrected chi connectivity index (χ1v) is 9.44. The molecule has 2 rings (SSSR count). The van der Waals surface area contributed by atoms with Gasteiger partial charge in [0, 0.05) is 13.1 Å². The predicted molar refractivity (Wildman–Crippen MR) is 105 cm³/mol. The molecule has 0 unspecified atom stereocenters. The largest absolute Gasteiger partial charge is 0.446 e. The standard InChI is InChI=1S/C18H22Cl2N4O3/c1-3-8-21-17(25)14-11-27-15(22-14)10-24(9-4-2)18(26)23-16-12(19)6-5-7-13(16)20/h5-7,11H,3-4,8-10H2,1-2H3,(H,21,25)(H,23,26). The average Bonchev–Trinajstić information content (AvgIpc) is 3.11. The maximum atomic E-state index is 12.6. The first kappa shape index (κ1) is 21.1. The van der Waals surface area contributed by atoms with Crippen LogP contribution in [0.15, 0.2) is 28.9 Å². The van der Waals surface area contributed by atoms with Gasteiger partial charge in [-0.1, -0.05) is 43.1 Å². The number of hydrogen-bond donors (Lipinski definition) is 2. The normalized spacial score (nSPS) is 10.5. The Morgan fingerprint density at radius 2 is 1.89 bits per heavy atom. The molecule has 0 aliphatic heterocycles. The first-order valence-electron chi connectivity index (χ1n) is 8.68. The Kier molecular flexibility index (Phi) is 7.94. The monoisotopic (exact) mass is 412 g/mol. The molecule has 0 saturated carbocycles. The fraction of sp³-hybridized carbons (Fsp3) is 0.389. The van der Waals surface area contributed by atoms with Crippen LogP contribution in [0, 0.1) is 0 Å². The van der Waals surface area contributed by atoms with Crippen LogP contribution in [0.2, 0.25) is 10.0 Å². The summed E-state index contributed by atoms with van der Waals surface area (Å²) in [6.07, 6.45) is 2.84. The number of oxazole rings is 1. The van der Waals surface area contributed by atoms with Crippen LogP contribution in [-0.2, 0) is 6.54 Å². The highest BCUT2D eigenvalue weighted by Crippen LogP contribution is 2.30. The molecule has 0 spiro atoms. The van der Waals surface area contributed by atoms with Crippen LogP contribution >= 0.6 is 23.2 Å². The Morgan fingerprint density at radius 3 is 2.52 bits per heavy atom. The van der Waals surface area contributed by atoms with Crippen molar-refractivity contribution >= 4 is 40.8 Å². The van der Waals surface area contributed by atoms with Crippen LogP contribution in [0.1, 0.15) is 43.1 Å². The highest BCUT2D eigenvalue weighted by atomic mass is 35.5. The van der Waals surface area contributed by atoms with Crippen molar-refractivity contribution in [2.45, 2.75) is 33.2 Å². The molecule has 9 heteroatoms. The predicted octanol–water partition coefficient (Wildman–Crippen LogP) is 4.57. The van der Waals surface area contributed by atoms with Crippen molar-refractivity contribution in [2.75, 3.05) is 18.4 Å². The number of amides is 3. The van der Waals surface area contributed by atoms with E-state index in [1.165, 1.54) is 11.2 Å². The molecule has 0 saturated heterocycles. The maximum Gasteiger partial charge on any atom is 0.322 e. The lowest BCUT2D eigenvalue weighted by atomic mass is 10.3. The minimum absolute atomic E-state index is 0.114. The molecule has 27 heavy (non-hydrogen) atoms. The molecule has 0 aliphatic carbocycles. The van der Waals surface area contributed by atoms with Crippen molar-refractivity contribution in [3.8, 4) is 0 Å². The van der Waals surface area contributed by atoms with Crippen molar-refractivity contribution in [1.29, 1.82) is 0 Å². The number of nitrogens with one attached hydrogen (secondary N) is 2. The lowest BCUT2D eigenvalue weighted by molar-refractivity contribution is 0.0948. The molecule has 2 aromatic rings. The zero-order valence-electron chi connectivity index (χ0n) is 15.2. The van der Waals surface area contributed by atoms with Crippen LogP contribution in [0.4, 0.5) is 10.5 Å². The third kappa shape index (κ3) is 5.87. The van der Waals surface area contributed by atoms with Gasteiger partial charge in [0.05, 0.1) is 22.3 Å². The summed E-state index contributed by atoms with van der Waals surface area (Å²) in [5, 5.41) is 6.13. The van der Waals surface area contributed by atoms with Gasteiger partial charge in [-0.05, 0) is 25.0 Å². The number of urea groups is 1. The first-order chi connectivity index (χ1) is 13.0. The SMILES string of the molecule is CCCNC(=O)c1coc(CN(CCC)C(=O)Nc2c(Cl)cccc2Cl)n1. The van der Waals surface area contributed by atoms with Crippen LogP contribution in [-0.4, -0.2) is 34.9 Å². The van der Waals surface area contributed by atoms with Gasteiger partial charge in [0.15, 0.2) is 5.69 Å². The Bertz CT molecular complexity index is 774. The summed E-state index contributed by atoms with van der Waals surface area (Å²) in [5.74, 6) is -0.0355. The topological polar surface area (TPSA) is 87.5 Å². The Balaban J connectivity index is 2.08. The summed E-state index contributed by atoms with van der Waals surface area (Å²) in [6.45, 7) is 5.05. The zero-order valence-corrected chi connectivity index (χ0v) is 16.7. The van der Waals surface area contributed by atoms with Gasteiger partial charge in [-0.3, -0.25) is 4.79 Å². The van der Waals surface area contributed by atoms with E-state index in [-0.39, 0.29) is 30.1 Å². The number of para-hydroxylation sites is 1. The van der Waals surface area contributed by atoms with Gasteiger partial charge in [0.1, 0.15) is 6.26 Å². The van der Waals surface area contributed by atoms with Gasteiger partial charge in [-0.15, -0.1) is 0 Å². The number of hydrogen-bond acceptors (Lipinski definition) is 4. The van der Waals surface area contributed by atoms with E-state index in [9.17, 15) is 9.59 Å². The molecule has 1 aromatic carbocycles. The molecule has 146 valence electrons. The van der Waals surface area contributed by atoms with E-state index in [4.69, 9.17) is 27.6 Å². The number of carbonyl (C=O) groups excluding carboxylic acids is 2. The van der Waals surface area contributed by atoms with E-state index < -0.39 is 0 Å². The van der Waals surface area contributed by atoms with Crippen LogP contribution in [0.25, 0.3) is 0 Å². The quantitative estimate of drug-likeness (QED) is 0.664. The Morgan fingerprint density at radius 1 is 1.19 bits per heavy atom. The van der Waals surface area contributed by atoms with Gasteiger partial charge >= 0.3 is 6.03 Å². The smallest absolute Gasteiger partial charge is 0.322 e. The molecule has 0 radical (unpaired) electrons. The van der Waals surface area contributed by atoms with Gasteiger partial charge in [-0.25, -0.2) is 9.78 Å². The van der Waals surface area contributed by atoms with E-state index >= 15 is 0 Å². The number of halogens is 2. The number of aromatic nitrogens is 1. The molecule has 3 amide bonds. The fourth-order valence-corrected chi connectivity index (χ4v) is 2.80. The molecule has 0 aliphatic rings. The molecule has 7 nitrogen and oxygen atoms in total. The number of carbonyl (C=O) groups is 2. The van der Waals surface area contributed by atoms with Crippen molar-refractivity contribution in [3.63, 3.8) is 0 Å². The van der Waals surface area contributed by atoms with E-state index in [2.05, 4.69) is 15.6 Å². The minimum Gasteiger partial charge on any atom is -0.446 e. The fourth-order valence-electron chi connectivity index (χ4n) is 2.31. The van der Waals surface area contributed by atoms with Crippen molar-refractivity contribution < 1.29 is 14.0 Å². The summed E-state index contributed by atoms with van der Waals surface area (Å²) in [6, 6.07) is 4.59. The minimum atomic E-state index is -0.387. The van der Waals surface area contributed by atoms with E-state index in [0.29, 0.717) is 28.8 Å². The molecular formula is C18H22Cl2N4O3. The molecule has 0 atom stereocenters. The summed E-state index contributed by atoms with van der Waals surface area (Å²) < 4.78 is 5.34. The lowest BCUT2D eigenvalue weighted by Crippen LogP contribution is -2.35. The summed E-state index contributed by atoms with van der Waals surface area (Å²) in [4.78, 5) is 30.2. The van der Waals surface area contributed by atoms with E-state index in [1.807, 2.05) is 13.8 Å². The van der Waals surface area contributed by atoms with Gasteiger partial charge in [-0.2, -0.15) is 0 Å². The number of benzene rings is 1.